The molecule has 2 aromatic rings. The summed E-state index contributed by atoms with van der Waals surface area (Å²) in [6.45, 7) is 2.78. The second-order valence-electron chi connectivity index (χ2n) is 4.57. The first-order chi connectivity index (χ1) is 9.63. The Hall–Kier alpha value is -1.39. The van der Waals surface area contributed by atoms with E-state index in [0.717, 1.165) is 24.6 Å². The highest BCUT2D eigenvalue weighted by molar-refractivity contribution is 6.29. The van der Waals surface area contributed by atoms with Crippen LogP contribution in [0.25, 0.3) is 0 Å². The third-order valence-corrected chi connectivity index (χ3v) is 3.43. The second-order valence-corrected chi connectivity index (χ2v) is 4.92. The lowest BCUT2D eigenvalue weighted by molar-refractivity contribution is 0.474. The van der Waals surface area contributed by atoms with E-state index in [0.29, 0.717) is 12.0 Å². The SMILES string of the molecule is CCCNC(Cc1cccc(F)c1F)c1ccoc1Cl. The van der Waals surface area contributed by atoms with Gasteiger partial charge in [0.05, 0.1) is 6.26 Å². The van der Waals surface area contributed by atoms with Crippen LogP contribution in [0.15, 0.2) is 34.9 Å². The molecule has 1 aromatic heterocycles. The minimum Gasteiger partial charge on any atom is -0.453 e. The number of halogens is 3. The summed E-state index contributed by atoms with van der Waals surface area (Å²) in [4.78, 5) is 0. The Morgan fingerprint density at radius 1 is 1.30 bits per heavy atom. The van der Waals surface area contributed by atoms with Crippen LogP contribution in [-0.2, 0) is 6.42 Å². The Balaban J connectivity index is 2.24. The van der Waals surface area contributed by atoms with Crippen molar-refractivity contribution in [3.05, 3.63) is 58.5 Å². The van der Waals surface area contributed by atoms with Gasteiger partial charge >= 0.3 is 0 Å². The van der Waals surface area contributed by atoms with Crippen LogP contribution >= 0.6 is 11.6 Å². The highest BCUT2D eigenvalue weighted by Crippen LogP contribution is 2.28. The second kappa shape index (κ2) is 6.86. The molecule has 0 bridgehead atoms. The monoisotopic (exact) mass is 299 g/mol. The van der Waals surface area contributed by atoms with E-state index >= 15 is 0 Å². The van der Waals surface area contributed by atoms with E-state index in [4.69, 9.17) is 16.0 Å². The molecular formula is C15H16ClF2NO. The lowest BCUT2D eigenvalue weighted by Gasteiger charge is -2.18. The van der Waals surface area contributed by atoms with Crippen LogP contribution in [0.2, 0.25) is 5.22 Å². The molecule has 0 amide bonds. The zero-order chi connectivity index (χ0) is 14.5. The minimum absolute atomic E-state index is 0.211. The standard InChI is InChI=1S/C15H16ClF2NO/c1-2-7-19-13(11-6-8-20-15(11)16)9-10-4-3-5-12(17)14(10)18/h3-6,8,13,19H,2,7,9H2,1H3. The van der Waals surface area contributed by atoms with Crippen LogP contribution in [0.5, 0.6) is 0 Å². The van der Waals surface area contributed by atoms with Gasteiger partial charge in [-0.15, -0.1) is 0 Å². The van der Waals surface area contributed by atoms with E-state index < -0.39 is 11.6 Å². The van der Waals surface area contributed by atoms with Gasteiger partial charge in [0.1, 0.15) is 0 Å². The third-order valence-electron chi connectivity index (χ3n) is 3.12. The average molecular weight is 300 g/mol. The minimum atomic E-state index is -0.838. The topological polar surface area (TPSA) is 25.2 Å². The predicted octanol–water partition coefficient (Wildman–Crippen LogP) is 4.49. The smallest absolute Gasteiger partial charge is 0.197 e. The van der Waals surface area contributed by atoms with Crippen molar-refractivity contribution >= 4 is 11.6 Å². The van der Waals surface area contributed by atoms with Gasteiger partial charge in [0, 0.05) is 11.6 Å². The van der Waals surface area contributed by atoms with Crippen molar-refractivity contribution in [3.8, 4) is 0 Å². The summed E-state index contributed by atoms with van der Waals surface area (Å²) in [5.74, 6) is -1.65. The van der Waals surface area contributed by atoms with E-state index in [1.165, 1.54) is 12.3 Å². The van der Waals surface area contributed by atoms with Crippen molar-refractivity contribution in [3.63, 3.8) is 0 Å². The van der Waals surface area contributed by atoms with E-state index in [2.05, 4.69) is 5.32 Å². The quantitative estimate of drug-likeness (QED) is 0.850. The number of nitrogens with one attached hydrogen (secondary N) is 1. The summed E-state index contributed by atoms with van der Waals surface area (Å²) in [5, 5.41) is 3.55. The fraction of sp³-hybridized carbons (Fsp3) is 0.333. The summed E-state index contributed by atoms with van der Waals surface area (Å²) >= 11 is 5.98. The zero-order valence-corrected chi connectivity index (χ0v) is 11.9. The summed E-state index contributed by atoms with van der Waals surface area (Å²) in [5.41, 5.74) is 1.07. The highest BCUT2D eigenvalue weighted by Gasteiger charge is 2.19. The van der Waals surface area contributed by atoms with Gasteiger partial charge < -0.3 is 9.73 Å². The molecule has 2 nitrogen and oxygen atoms in total. The summed E-state index contributed by atoms with van der Waals surface area (Å²) in [6.07, 6.45) is 2.72. The fourth-order valence-corrected chi connectivity index (χ4v) is 2.34. The van der Waals surface area contributed by atoms with Crippen LogP contribution in [0.3, 0.4) is 0 Å². The molecule has 0 fully saturated rings. The van der Waals surface area contributed by atoms with E-state index in [1.54, 1.807) is 12.1 Å². The molecule has 0 aliphatic carbocycles. The van der Waals surface area contributed by atoms with Gasteiger partial charge in [-0.25, -0.2) is 8.78 Å². The van der Waals surface area contributed by atoms with Gasteiger partial charge in [0.25, 0.3) is 0 Å². The van der Waals surface area contributed by atoms with E-state index in [1.807, 2.05) is 6.92 Å². The Kier molecular flexibility index (Phi) is 5.15. The van der Waals surface area contributed by atoms with Crippen molar-refractivity contribution in [1.82, 2.24) is 5.32 Å². The normalized spacial score (nSPS) is 12.6. The van der Waals surface area contributed by atoms with Crippen LogP contribution in [0.4, 0.5) is 8.78 Å². The molecule has 5 heteroatoms. The Morgan fingerprint density at radius 3 is 2.75 bits per heavy atom. The van der Waals surface area contributed by atoms with Gasteiger partial charge in [-0.3, -0.25) is 0 Å². The largest absolute Gasteiger partial charge is 0.453 e. The van der Waals surface area contributed by atoms with Crippen molar-refractivity contribution in [1.29, 1.82) is 0 Å². The first-order valence-electron chi connectivity index (χ1n) is 6.52. The fourth-order valence-electron chi connectivity index (χ4n) is 2.09. The van der Waals surface area contributed by atoms with Crippen molar-refractivity contribution in [2.45, 2.75) is 25.8 Å². The molecule has 108 valence electrons. The predicted molar refractivity (Wildman–Crippen MR) is 74.8 cm³/mol. The van der Waals surface area contributed by atoms with Crippen LogP contribution in [0.1, 0.15) is 30.5 Å². The number of benzene rings is 1. The number of rotatable bonds is 6. The first-order valence-corrected chi connectivity index (χ1v) is 6.90. The molecule has 0 aliphatic heterocycles. The summed E-state index contributed by atoms with van der Waals surface area (Å²) in [7, 11) is 0. The van der Waals surface area contributed by atoms with Crippen LogP contribution in [-0.4, -0.2) is 6.54 Å². The van der Waals surface area contributed by atoms with E-state index in [9.17, 15) is 8.78 Å². The molecule has 1 N–H and O–H groups in total. The molecule has 1 heterocycles. The molecule has 1 aromatic carbocycles. The maximum absolute atomic E-state index is 13.8. The molecule has 1 atom stereocenters. The van der Waals surface area contributed by atoms with Crippen molar-refractivity contribution in [2.24, 2.45) is 0 Å². The van der Waals surface area contributed by atoms with Crippen LogP contribution in [0, 0.1) is 11.6 Å². The van der Waals surface area contributed by atoms with Crippen LogP contribution < -0.4 is 5.32 Å². The summed E-state index contributed by atoms with van der Waals surface area (Å²) < 4.78 is 32.1. The van der Waals surface area contributed by atoms with E-state index in [-0.39, 0.29) is 11.3 Å². The maximum Gasteiger partial charge on any atom is 0.197 e. The Labute approximate surface area is 121 Å². The van der Waals surface area contributed by atoms with Gasteiger partial charge in [-0.05, 0) is 48.7 Å². The third kappa shape index (κ3) is 3.38. The lowest BCUT2D eigenvalue weighted by atomic mass is 10.0. The van der Waals surface area contributed by atoms with Gasteiger partial charge in [0.2, 0.25) is 0 Å². The Bertz CT molecular complexity index is 571. The number of furan rings is 1. The molecule has 1 unspecified atom stereocenters. The molecule has 0 aliphatic rings. The molecule has 2 rings (SSSR count). The maximum atomic E-state index is 13.8. The molecule has 20 heavy (non-hydrogen) atoms. The molecule has 0 saturated heterocycles. The Morgan fingerprint density at radius 2 is 2.10 bits per heavy atom. The zero-order valence-electron chi connectivity index (χ0n) is 11.1. The molecule has 0 radical (unpaired) electrons. The van der Waals surface area contributed by atoms with Crippen molar-refractivity contribution in [2.75, 3.05) is 6.54 Å². The number of hydrogen-bond donors (Lipinski definition) is 1. The lowest BCUT2D eigenvalue weighted by Crippen LogP contribution is -2.24. The molecule has 0 spiro atoms. The summed E-state index contributed by atoms with van der Waals surface area (Å²) in [6, 6.07) is 5.72. The molecular weight excluding hydrogens is 284 g/mol. The first kappa shape index (κ1) is 15.0. The van der Waals surface area contributed by atoms with Crippen molar-refractivity contribution < 1.29 is 13.2 Å². The highest BCUT2D eigenvalue weighted by atomic mass is 35.5. The van der Waals surface area contributed by atoms with Gasteiger partial charge in [-0.1, -0.05) is 19.1 Å². The van der Waals surface area contributed by atoms with Gasteiger partial charge in [0.15, 0.2) is 16.9 Å². The van der Waals surface area contributed by atoms with Gasteiger partial charge in [-0.2, -0.15) is 0 Å². The average Bonchev–Trinajstić information content (AvgIpc) is 2.85. The molecule has 0 saturated carbocycles. The number of hydrogen-bond acceptors (Lipinski definition) is 2.